The molecule has 0 aromatic rings. The SMILES string of the molecule is CCCCC/C=C\C/C=C\C/C=C\CCCC(C#CC(=O)O)CC. The van der Waals surface area contributed by atoms with Gasteiger partial charge >= 0.3 is 5.97 Å². The van der Waals surface area contributed by atoms with Crippen LogP contribution in [0.15, 0.2) is 36.5 Å². The molecule has 0 saturated carbocycles. The molecule has 24 heavy (non-hydrogen) atoms. The smallest absolute Gasteiger partial charge is 0.381 e. The molecule has 0 spiro atoms. The summed E-state index contributed by atoms with van der Waals surface area (Å²) in [6.45, 7) is 4.29. The van der Waals surface area contributed by atoms with E-state index in [0.717, 1.165) is 38.5 Å². The minimum atomic E-state index is -1.03. The predicted molar refractivity (Wildman–Crippen MR) is 104 cm³/mol. The van der Waals surface area contributed by atoms with Crippen LogP contribution in [0, 0.1) is 17.8 Å². The molecule has 0 amide bonds. The van der Waals surface area contributed by atoms with E-state index in [0.29, 0.717) is 0 Å². The summed E-state index contributed by atoms with van der Waals surface area (Å²) in [5, 5.41) is 8.56. The molecule has 0 aromatic carbocycles. The summed E-state index contributed by atoms with van der Waals surface area (Å²) in [5.41, 5.74) is 0. The summed E-state index contributed by atoms with van der Waals surface area (Å²) in [5.74, 6) is 4.23. The van der Waals surface area contributed by atoms with Crippen molar-refractivity contribution < 1.29 is 9.90 Å². The fourth-order valence-electron chi connectivity index (χ4n) is 2.31. The van der Waals surface area contributed by atoms with Gasteiger partial charge in [-0.2, -0.15) is 0 Å². The second-order valence-electron chi connectivity index (χ2n) is 5.99. The second kappa shape index (κ2) is 17.6. The van der Waals surface area contributed by atoms with Crippen molar-refractivity contribution in [3.05, 3.63) is 36.5 Å². The fourth-order valence-corrected chi connectivity index (χ4v) is 2.31. The van der Waals surface area contributed by atoms with Crippen LogP contribution >= 0.6 is 0 Å². The first kappa shape index (κ1) is 22.2. The molecule has 0 heterocycles. The molecule has 0 aliphatic carbocycles. The van der Waals surface area contributed by atoms with Gasteiger partial charge < -0.3 is 5.11 Å². The van der Waals surface area contributed by atoms with Crippen LogP contribution in [0.2, 0.25) is 0 Å². The van der Waals surface area contributed by atoms with Crippen molar-refractivity contribution in [1.29, 1.82) is 0 Å². The molecule has 0 aliphatic rings. The number of carboxylic acid groups (broad SMARTS) is 1. The van der Waals surface area contributed by atoms with E-state index >= 15 is 0 Å². The van der Waals surface area contributed by atoms with Crippen LogP contribution in [0.1, 0.15) is 78.1 Å². The van der Waals surface area contributed by atoms with Crippen molar-refractivity contribution in [2.75, 3.05) is 0 Å². The third-order valence-corrected chi connectivity index (χ3v) is 3.82. The Morgan fingerprint density at radius 2 is 1.50 bits per heavy atom. The Bertz CT molecular complexity index is 446. The second-order valence-corrected chi connectivity index (χ2v) is 5.99. The summed E-state index contributed by atoms with van der Waals surface area (Å²) in [4.78, 5) is 10.4. The van der Waals surface area contributed by atoms with Crippen molar-refractivity contribution in [3.8, 4) is 11.8 Å². The molecule has 2 heteroatoms. The standard InChI is InChI=1S/C22H34O2/c1-3-5-6-7-8-9-10-11-12-13-14-15-16-17-18-21(4-2)19-20-22(23)24/h8-9,11-12,14-15,21H,3-7,10,13,16-18H2,1-2H3,(H,23,24)/b9-8-,12-11-,15-14-. The summed E-state index contributed by atoms with van der Waals surface area (Å²) < 4.78 is 0. The van der Waals surface area contributed by atoms with Gasteiger partial charge in [0.2, 0.25) is 0 Å². The lowest BCUT2D eigenvalue weighted by Gasteiger charge is -2.05. The first-order valence-corrected chi connectivity index (χ1v) is 9.40. The van der Waals surface area contributed by atoms with E-state index in [-0.39, 0.29) is 5.92 Å². The number of carbonyl (C=O) groups is 1. The van der Waals surface area contributed by atoms with Crippen molar-refractivity contribution >= 4 is 5.97 Å². The predicted octanol–water partition coefficient (Wildman–Crippen LogP) is 6.30. The maximum Gasteiger partial charge on any atom is 0.381 e. The first-order valence-electron chi connectivity index (χ1n) is 9.40. The first-order chi connectivity index (χ1) is 11.7. The Hall–Kier alpha value is -1.75. The van der Waals surface area contributed by atoms with Gasteiger partial charge in [0.15, 0.2) is 0 Å². The summed E-state index contributed by atoms with van der Waals surface area (Å²) >= 11 is 0. The van der Waals surface area contributed by atoms with Gasteiger partial charge in [0.25, 0.3) is 0 Å². The zero-order valence-electron chi connectivity index (χ0n) is 15.5. The number of carboxylic acids is 1. The normalized spacial score (nSPS) is 12.8. The molecule has 134 valence electrons. The van der Waals surface area contributed by atoms with Crippen LogP contribution in [-0.4, -0.2) is 11.1 Å². The fraction of sp³-hybridized carbons (Fsp3) is 0.591. The quantitative estimate of drug-likeness (QED) is 0.244. The molecule has 1 N–H and O–H groups in total. The van der Waals surface area contributed by atoms with Crippen LogP contribution in [-0.2, 0) is 4.79 Å². The summed E-state index contributed by atoms with van der Waals surface area (Å²) in [6, 6.07) is 0. The number of hydrogen-bond acceptors (Lipinski definition) is 1. The Morgan fingerprint density at radius 1 is 0.917 bits per heavy atom. The van der Waals surface area contributed by atoms with E-state index in [2.05, 4.69) is 62.1 Å². The average molecular weight is 331 g/mol. The van der Waals surface area contributed by atoms with E-state index in [1.807, 2.05) is 0 Å². The third-order valence-electron chi connectivity index (χ3n) is 3.82. The molecule has 0 bridgehead atoms. The van der Waals surface area contributed by atoms with Crippen molar-refractivity contribution in [3.63, 3.8) is 0 Å². The Labute approximate surface area is 148 Å². The highest BCUT2D eigenvalue weighted by atomic mass is 16.4. The monoisotopic (exact) mass is 330 g/mol. The lowest BCUT2D eigenvalue weighted by molar-refractivity contribution is -0.130. The van der Waals surface area contributed by atoms with E-state index in [1.54, 1.807) is 0 Å². The number of rotatable bonds is 13. The van der Waals surface area contributed by atoms with Crippen LogP contribution in [0.25, 0.3) is 0 Å². The summed E-state index contributed by atoms with van der Waals surface area (Å²) in [6.07, 6.45) is 24.5. The van der Waals surface area contributed by atoms with Gasteiger partial charge in [0.1, 0.15) is 0 Å². The number of unbranched alkanes of at least 4 members (excludes halogenated alkanes) is 4. The lowest BCUT2D eigenvalue weighted by atomic mass is 10.00. The van der Waals surface area contributed by atoms with Crippen molar-refractivity contribution in [2.45, 2.75) is 78.1 Å². The van der Waals surface area contributed by atoms with Gasteiger partial charge in [-0.05, 0) is 51.4 Å². The lowest BCUT2D eigenvalue weighted by Crippen LogP contribution is -1.97. The zero-order valence-corrected chi connectivity index (χ0v) is 15.5. The molecule has 0 aromatic heterocycles. The van der Waals surface area contributed by atoms with Crippen molar-refractivity contribution in [2.24, 2.45) is 5.92 Å². The van der Waals surface area contributed by atoms with Gasteiger partial charge in [-0.1, -0.05) is 69.1 Å². The number of aliphatic carboxylic acids is 1. The molecule has 0 fully saturated rings. The van der Waals surface area contributed by atoms with Gasteiger partial charge in [0.05, 0.1) is 0 Å². The molecular formula is C22H34O2. The minimum Gasteiger partial charge on any atom is -0.472 e. The van der Waals surface area contributed by atoms with Crippen molar-refractivity contribution in [1.82, 2.24) is 0 Å². The Kier molecular flexibility index (Phi) is 16.3. The Morgan fingerprint density at radius 3 is 2.04 bits per heavy atom. The van der Waals surface area contributed by atoms with Gasteiger partial charge in [0, 0.05) is 11.8 Å². The molecule has 2 nitrogen and oxygen atoms in total. The third kappa shape index (κ3) is 16.6. The maximum atomic E-state index is 10.4. The molecular weight excluding hydrogens is 296 g/mol. The molecule has 0 aliphatic heterocycles. The minimum absolute atomic E-state index is 0.207. The molecule has 0 rings (SSSR count). The largest absolute Gasteiger partial charge is 0.472 e. The van der Waals surface area contributed by atoms with E-state index in [9.17, 15) is 4.79 Å². The molecule has 1 atom stereocenters. The van der Waals surface area contributed by atoms with E-state index in [4.69, 9.17) is 5.11 Å². The average Bonchev–Trinajstić information content (AvgIpc) is 2.57. The summed E-state index contributed by atoms with van der Waals surface area (Å²) in [7, 11) is 0. The highest BCUT2D eigenvalue weighted by molar-refractivity contribution is 5.86. The van der Waals surface area contributed by atoms with Gasteiger partial charge in [-0.3, -0.25) is 0 Å². The van der Waals surface area contributed by atoms with Crippen LogP contribution < -0.4 is 0 Å². The number of allylic oxidation sites excluding steroid dienone is 6. The highest BCUT2D eigenvalue weighted by Gasteiger charge is 2.01. The number of hydrogen-bond donors (Lipinski definition) is 1. The Balaban J connectivity index is 3.63. The van der Waals surface area contributed by atoms with E-state index < -0.39 is 5.97 Å². The van der Waals surface area contributed by atoms with Crippen LogP contribution in [0.5, 0.6) is 0 Å². The maximum absolute atomic E-state index is 10.4. The van der Waals surface area contributed by atoms with E-state index in [1.165, 1.54) is 25.7 Å². The zero-order chi connectivity index (χ0) is 17.9. The molecule has 0 saturated heterocycles. The molecule has 1 unspecified atom stereocenters. The molecule has 0 radical (unpaired) electrons. The van der Waals surface area contributed by atoms with Crippen LogP contribution in [0.3, 0.4) is 0 Å². The van der Waals surface area contributed by atoms with Gasteiger partial charge in [-0.25, -0.2) is 4.79 Å². The highest BCUT2D eigenvalue weighted by Crippen LogP contribution is 2.11. The topological polar surface area (TPSA) is 37.3 Å². The van der Waals surface area contributed by atoms with Gasteiger partial charge in [-0.15, -0.1) is 0 Å². The van der Waals surface area contributed by atoms with Crippen LogP contribution in [0.4, 0.5) is 0 Å².